The van der Waals surface area contributed by atoms with Crippen molar-refractivity contribution >= 4 is 11.5 Å². The van der Waals surface area contributed by atoms with Gasteiger partial charge in [0, 0.05) is 23.7 Å². The van der Waals surface area contributed by atoms with E-state index in [9.17, 15) is 0 Å². The Kier molecular flexibility index (Phi) is 2.49. The highest BCUT2D eigenvalue weighted by Gasteiger charge is 2.16. The number of pyridine rings is 2. The average molecular weight is 252 g/mol. The van der Waals surface area contributed by atoms with Crippen LogP contribution in [-0.4, -0.2) is 25.4 Å². The van der Waals surface area contributed by atoms with E-state index in [0.717, 1.165) is 16.8 Å². The number of amidine groups is 1. The maximum absolute atomic E-state index is 7.79. The van der Waals surface area contributed by atoms with Gasteiger partial charge < -0.3 is 5.73 Å². The predicted octanol–water partition coefficient (Wildman–Crippen LogP) is 1.38. The summed E-state index contributed by atoms with van der Waals surface area (Å²) in [6, 6.07) is 5.72. The lowest BCUT2D eigenvalue weighted by Crippen LogP contribution is -2.15. The number of nitrogens with one attached hydrogen (secondary N) is 1. The second kappa shape index (κ2) is 4.16. The van der Waals surface area contributed by atoms with E-state index in [0.29, 0.717) is 11.2 Å². The summed E-state index contributed by atoms with van der Waals surface area (Å²) in [4.78, 5) is 8.30. The number of nitrogen functional groups attached to an aromatic ring is 1. The molecule has 0 unspecified atom stereocenters. The largest absolute Gasteiger partial charge is 0.384 e. The van der Waals surface area contributed by atoms with Crippen LogP contribution in [0.3, 0.4) is 0 Å². The molecule has 0 saturated carbocycles. The Bertz CT molecular complexity index is 759. The molecule has 0 atom stereocenters. The average Bonchev–Trinajstić information content (AvgIpc) is 2.88. The predicted molar refractivity (Wildman–Crippen MR) is 72.0 cm³/mol. The number of hydrogen-bond acceptors (Lipinski definition) is 4. The first-order valence-corrected chi connectivity index (χ1v) is 5.76. The molecule has 3 aromatic heterocycles. The van der Waals surface area contributed by atoms with Gasteiger partial charge in [0.25, 0.3) is 0 Å². The molecule has 0 aliphatic heterocycles. The molecule has 0 aromatic carbocycles. The monoisotopic (exact) mass is 252 g/mol. The van der Waals surface area contributed by atoms with Crippen molar-refractivity contribution in [2.75, 3.05) is 0 Å². The number of aryl methyl sites for hydroxylation is 1. The summed E-state index contributed by atoms with van der Waals surface area (Å²) in [6.07, 6.45) is 4.91. The van der Waals surface area contributed by atoms with Crippen molar-refractivity contribution in [1.82, 2.24) is 19.6 Å². The fourth-order valence-corrected chi connectivity index (χ4v) is 2.15. The highest BCUT2D eigenvalue weighted by atomic mass is 15.3. The Labute approximate surface area is 109 Å². The van der Waals surface area contributed by atoms with E-state index in [2.05, 4.69) is 15.1 Å². The Morgan fingerprint density at radius 1 is 1.42 bits per heavy atom. The van der Waals surface area contributed by atoms with Crippen LogP contribution in [0.15, 0.2) is 36.9 Å². The molecular formula is C13H12N6. The molecular weight excluding hydrogens is 240 g/mol. The van der Waals surface area contributed by atoms with Crippen LogP contribution in [-0.2, 0) is 0 Å². The van der Waals surface area contributed by atoms with E-state index >= 15 is 0 Å². The van der Waals surface area contributed by atoms with Gasteiger partial charge in [-0.25, -0.2) is 9.50 Å². The number of nitrogens with two attached hydrogens (primary N) is 1. The summed E-state index contributed by atoms with van der Waals surface area (Å²) in [6.45, 7) is 1.94. The van der Waals surface area contributed by atoms with Crippen LogP contribution in [0, 0.1) is 12.3 Å². The van der Waals surface area contributed by atoms with E-state index in [4.69, 9.17) is 11.1 Å². The molecule has 6 heteroatoms. The van der Waals surface area contributed by atoms with Crippen LogP contribution in [0.5, 0.6) is 0 Å². The van der Waals surface area contributed by atoms with E-state index in [1.807, 2.05) is 25.1 Å². The third kappa shape index (κ3) is 1.74. The number of nitrogens with zero attached hydrogens (tertiary/aromatic N) is 4. The molecule has 0 bridgehead atoms. The van der Waals surface area contributed by atoms with E-state index in [-0.39, 0.29) is 5.84 Å². The molecule has 0 radical (unpaired) electrons. The van der Waals surface area contributed by atoms with Gasteiger partial charge in [-0.3, -0.25) is 10.4 Å². The number of hydrogen-bond donors (Lipinski definition) is 2. The van der Waals surface area contributed by atoms with E-state index < -0.39 is 0 Å². The van der Waals surface area contributed by atoms with Crippen molar-refractivity contribution in [3.8, 4) is 11.1 Å². The molecule has 6 nitrogen and oxygen atoms in total. The summed E-state index contributed by atoms with van der Waals surface area (Å²) < 4.78 is 1.68. The molecule has 0 spiro atoms. The Hall–Kier alpha value is -2.76. The zero-order chi connectivity index (χ0) is 13.4. The van der Waals surface area contributed by atoms with Crippen LogP contribution in [0.2, 0.25) is 0 Å². The van der Waals surface area contributed by atoms with Gasteiger partial charge in [0.05, 0.1) is 5.56 Å². The van der Waals surface area contributed by atoms with Crippen molar-refractivity contribution in [2.24, 2.45) is 5.73 Å². The van der Waals surface area contributed by atoms with Crippen molar-refractivity contribution in [1.29, 1.82) is 5.41 Å². The normalized spacial score (nSPS) is 10.8. The van der Waals surface area contributed by atoms with Gasteiger partial charge in [-0.1, -0.05) is 6.07 Å². The first kappa shape index (κ1) is 11.3. The second-order valence-electron chi connectivity index (χ2n) is 4.23. The van der Waals surface area contributed by atoms with Gasteiger partial charge >= 0.3 is 0 Å². The summed E-state index contributed by atoms with van der Waals surface area (Å²) in [5.41, 5.74) is 9.56. The van der Waals surface area contributed by atoms with Crippen molar-refractivity contribution in [3.63, 3.8) is 0 Å². The van der Waals surface area contributed by atoms with Crippen LogP contribution in [0.1, 0.15) is 11.3 Å². The van der Waals surface area contributed by atoms with E-state index in [1.165, 1.54) is 6.33 Å². The first-order chi connectivity index (χ1) is 9.18. The molecule has 0 fully saturated rings. The third-order valence-electron chi connectivity index (χ3n) is 2.97. The number of aromatic nitrogens is 4. The lowest BCUT2D eigenvalue weighted by Gasteiger charge is -2.11. The van der Waals surface area contributed by atoms with Crippen LogP contribution in [0.25, 0.3) is 16.8 Å². The highest BCUT2D eigenvalue weighted by molar-refractivity contribution is 6.06. The molecule has 3 rings (SSSR count). The fraction of sp³-hybridized carbons (Fsp3) is 0.0769. The minimum atomic E-state index is -0.0307. The van der Waals surface area contributed by atoms with Gasteiger partial charge in [0.1, 0.15) is 12.2 Å². The smallest absolute Gasteiger partial charge is 0.167 e. The Balaban J connectivity index is 2.41. The fourth-order valence-electron chi connectivity index (χ4n) is 2.15. The zero-order valence-corrected chi connectivity index (χ0v) is 10.3. The minimum absolute atomic E-state index is 0.0307. The Morgan fingerprint density at radius 3 is 2.95 bits per heavy atom. The van der Waals surface area contributed by atoms with Gasteiger partial charge in [-0.05, 0) is 24.6 Å². The van der Waals surface area contributed by atoms with Crippen LogP contribution in [0.4, 0.5) is 0 Å². The molecule has 19 heavy (non-hydrogen) atoms. The topological polar surface area (TPSA) is 93.0 Å². The molecule has 3 aromatic rings. The summed E-state index contributed by atoms with van der Waals surface area (Å²) in [5, 5.41) is 11.9. The standard InChI is InChI=1S/C13H12N6/c1-8-5-10(9-3-2-4-16-6-9)11(12(14)15)13-17-7-18-19(8)13/h2-7H,1H3,(H3,14,15). The van der Waals surface area contributed by atoms with Gasteiger partial charge in [-0.15, -0.1) is 0 Å². The number of rotatable bonds is 2. The zero-order valence-electron chi connectivity index (χ0n) is 10.3. The molecule has 0 saturated heterocycles. The molecule has 3 heterocycles. The summed E-state index contributed by atoms with van der Waals surface area (Å²) >= 11 is 0. The SMILES string of the molecule is Cc1cc(-c2cccnc2)c(C(=N)N)c2ncnn12. The van der Waals surface area contributed by atoms with Gasteiger partial charge in [-0.2, -0.15) is 5.10 Å². The molecule has 0 aliphatic carbocycles. The lowest BCUT2D eigenvalue weighted by molar-refractivity contribution is 0.914. The van der Waals surface area contributed by atoms with Crippen molar-refractivity contribution in [3.05, 3.63) is 48.2 Å². The van der Waals surface area contributed by atoms with E-state index in [1.54, 1.807) is 16.9 Å². The van der Waals surface area contributed by atoms with Crippen LogP contribution < -0.4 is 5.73 Å². The molecule has 0 aliphatic rings. The second-order valence-corrected chi connectivity index (χ2v) is 4.23. The molecule has 0 amide bonds. The van der Waals surface area contributed by atoms with Gasteiger partial charge in [0.2, 0.25) is 0 Å². The molecule has 3 N–H and O–H groups in total. The summed E-state index contributed by atoms with van der Waals surface area (Å²) in [5.74, 6) is -0.0307. The first-order valence-electron chi connectivity index (χ1n) is 5.76. The molecule has 94 valence electrons. The van der Waals surface area contributed by atoms with Gasteiger partial charge in [0.15, 0.2) is 5.65 Å². The van der Waals surface area contributed by atoms with Crippen molar-refractivity contribution < 1.29 is 0 Å². The highest BCUT2D eigenvalue weighted by Crippen LogP contribution is 2.26. The van der Waals surface area contributed by atoms with Crippen LogP contribution >= 0.6 is 0 Å². The Morgan fingerprint density at radius 2 is 2.26 bits per heavy atom. The minimum Gasteiger partial charge on any atom is -0.384 e. The maximum atomic E-state index is 7.79. The van der Waals surface area contributed by atoms with Crippen molar-refractivity contribution in [2.45, 2.75) is 6.92 Å². The quantitative estimate of drug-likeness (QED) is 0.532. The number of fused-ring (bicyclic) bond motifs is 1. The maximum Gasteiger partial charge on any atom is 0.167 e. The summed E-state index contributed by atoms with van der Waals surface area (Å²) in [7, 11) is 0. The third-order valence-corrected chi connectivity index (χ3v) is 2.97. The lowest BCUT2D eigenvalue weighted by atomic mass is 10.0.